The molecule has 3 heteroatoms. The highest BCUT2D eigenvalue weighted by Gasteiger charge is 2.53. The average Bonchev–Trinajstić information content (AvgIpc) is 2.24. The normalized spacial score (nSPS) is 45.8. The maximum Gasteiger partial charge on any atom is 0.227 e. The second-order valence-corrected chi connectivity index (χ2v) is 7.99. The van der Waals surface area contributed by atoms with Gasteiger partial charge < -0.3 is 11.1 Å². The zero-order valence-electron chi connectivity index (χ0n) is 11.8. The van der Waals surface area contributed by atoms with Gasteiger partial charge in [-0.05, 0) is 69.1 Å². The molecule has 0 aliphatic heterocycles. The van der Waals surface area contributed by atoms with E-state index in [-0.39, 0.29) is 16.9 Å². The molecule has 106 valence electrons. The minimum atomic E-state index is -0.205. The second kappa shape index (κ2) is 3.97. The van der Waals surface area contributed by atoms with E-state index in [1.54, 1.807) is 0 Å². The van der Waals surface area contributed by atoms with Crippen LogP contribution in [0.1, 0.15) is 57.8 Å². The van der Waals surface area contributed by atoms with E-state index < -0.39 is 0 Å². The summed E-state index contributed by atoms with van der Waals surface area (Å²) >= 11 is 0. The Morgan fingerprint density at radius 1 is 1.05 bits per heavy atom. The monoisotopic (exact) mass is 262 g/mol. The fourth-order valence-electron chi connectivity index (χ4n) is 5.76. The summed E-state index contributed by atoms with van der Waals surface area (Å²) in [7, 11) is 0. The van der Waals surface area contributed by atoms with Gasteiger partial charge in [0.15, 0.2) is 0 Å². The Bertz CT molecular complexity index is 359. The lowest BCUT2D eigenvalue weighted by Gasteiger charge is -2.57. The van der Waals surface area contributed by atoms with Crippen LogP contribution in [-0.2, 0) is 4.79 Å². The summed E-state index contributed by atoms with van der Waals surface area (Å²) in [4.78, 5) is 12.7. The van der Waals surface area contributed by atoms with Gasteiger partial charge in [-0.3, -0.25) is 4.79 Å². The van der Waals surface area contributed by atoms with Gasteiger partial charge in [-0.1, -0.05) is 6.42 Å². The fraction of sp³-hybridized carbons (Fsp3) is 0.938. The summed E-state index contributed by atoms with van der Waals surface area (Å²) in [5.41, 5.74) is 5.83. The number of hydrogen-bond acceptors (Lipinski definition) is 2. The van der Waals surface area contributed by atoms with Gasteiger partial charge in [-0.2, -0.15) is 0 Å². The maximum absolute atomic E-state index is 12.7. The average molecular weight is 262 g/mol. The molecule has 0 heterocycles. The third-order valence-corrected chi connectivity index (χ3v) is 6.60. The Labute approximate surface area is 115 Å². The number of nitrogens with one attached hydrogen (secondary N) is 1. The highest BCUT2D eigenvalue weighted by Crippen LogP contribution is 2.56. The van der Waals surface area contributed by atoms with Crippen molar-refractivity contribution in [2.45, 2.75) is 63.3 Å². The van der Waals surface area contributed by atoms with Gasteiger partial charge in [0.1, 0.15) is 0 Å². The summed E-state index contributed by atoms with van der Waals surface area (Å²) in [6.07, 6.45) is 11.2. The lowest BCUT2D eigenvalue weighted by atomic mass is 9.52. The van der Waals surface area contributed by atoms with Gasteiger partial charge in [-0.25, -0.2) is 0 Å². The molecule has 5 aliphatic carbocycles. The van der Waals surface area contributed by atoms with Crippen molar-refractivity contribution in [1.82, 2.24) is 5.32 Å². The van der Waals surface area contributed by atoms with Crippen LogP contribution in [0.5, 0.6) is 0 Å². The number of carbonyl (C=O) groups excluding carboxylic acids is 1. The molecular formula is C16H26N2O. The molecule has 5 aliphatic rings. The van der Waals surface area contributed by atoms with Gasteiger partial charge in [0.2, 0.25) is 5.91 Å². The fourth-order valence-corrected chi connectivity index (χ4v) is 5.76. The largest absolute Gasteiger partial charge is 0.350 e. The van der Waals surface area contributed by atoms with Gasteiger partial charge in [0, 0.05) is 12.1 Å². The lowest BCUT2D eigenvalue weighted by molar-refractivity contribution is -0.141. The molecule has 0 aromatic carbocycles. The van der Waals surface area contributed by atoms with Crippen LogP contribution in [0, 0.1) is 23.2 Å². The number of amides is 1. The second-order valence-electron chi connectivity index (χ2n) is 7.99. The van der Waals surface area contributed by atoms with E-state index >= 15 is 0 Å². The first-order chi connectivity index (χ1) is 9.13. The SMILES string of the molecule is NCC1(C(=O)NC23CC4CC(CC(C4)C2)C3)CCC1. The third kappa shape index (κ3) is 1.77. The smallest absolute Gasteiger partial charge is 0.227 e. The van der Waals surface area contributed by atoms with E-state index in [1.165, 1.54) is 44.9 Å². The number of carbonyl (C=O) groups is 1. The van der Waals surface area contributed by atoms with Crippen molar-refractivity contribution >= 4 is 5.91 Å². The van der Waals surface area contributed by atoms with Crippen LogP contribution in [0.4, 0.5) is 0 Å². The van der Waals surface area contributed by atoms with Gasteiger partial charge in [0.05, 0.1) is 5.41 Å². The Kier molecular flexibility index (Phi) is 2.55. The van der Waals surface area contributed by atoms with E-state index in [2.05, 4.69) is 5.32 Å². The zero-order valence-corrected chi connectivity index (χ0v) is 11.8. The van der Waals surface area contributed by atoms with Crippen LogP contribution in [0.25, 0.3) is 0 Å². The predicted octanol–water partition coefficient (Wildman–Crippen LogP) is 2.20. The predicted molar refractivity (Wildman–Crippen MR) is 74.4 cm³/mol. The van der Waals surface area contributed by atoms with Crippen molar-refractivity contribution < 1.29 is 4.79 Å². The maximum atomic E-state index is 12.7. The first-order valence-corrected chi connectivity index (χ1v) is 8.16. The van der Waals surface area contributed by atoms with Crippen molar-refractivity contribution in [2.75, 3.05) is 6.54 Å². The van der Waals surface area contributed by atoms with E-state index in [1.807, 2.05) is 0 Å². The van der Waals surface area contributed by atoms with E-state index in [9.17, 15) is 4.79 Å². The van der Waals surface area contributed by atoms with Crippen LogP contribution in [0.3, 0.4) is 0 Å². The molecule has 5 saturated carbocycles. The molecule has 5 fully saturated rings. The molecule has 0 saturated heterocycles. The summed E-state index contributed by atoms with van der Waals surface area (Å²) in [6.45, 7) is 0.533. The van der Waals surface area contributed by atoms with Crippen LogP contribution < -0.4 is 11.1 Å². The molecule has 0 radical (unpaired) electrons. The molecule has 3 N–H and O–H groups in total. The Balaban J connectivity index is 1.52. The first kappa shape index (κ1) is 12.2. The Hall–Kier alpha value is -0.570. The minimum absolute atomic E-state index is 0.156. The van der Waals surface area contributed by atoms with Crippen LogP contribution in [0.2, 0.25) is 0 Å². The van der Waals surface area contributed by atoms with E-state index in [4.69, 9.17) is 5.73 Å². The van der Waals surface area contributed by atoms with Gasteiger partial charge in [-0.15, -0.1) is 0 Å². The molecule has 0 unspecified atom stereocenters. The molecule has 0 spiro atoms. The molecule has 19 heavy (non-hydrogen) atoms. The van der Waals surface area contributed by atoms with Crippen LogP contribution in [0.15, 0.2) is 0 Å². The third-order valence-electron chi connectivity index (χ3n) is 6.60. The lowest BCUT2D eigenvalue weighted by Crippen LogP contribution is -2.63. The first-order valence-electron chi connectivity index (χ1n) is 8.16. The van der Waals surface area contributed by atoms with Crippen molar-refractivity contribution in [3.05, 3.63) is 0 Å². The standard InChI is InChI=1S/C16H26N2O/c17-10-15(2-1-3-15)14(19)18-16-7-11-4-12(8-16)6-13(5-11)9-16/h11-13H,1-10,17H2,(H,18,19). The number of hydrogen-bond donors (Lipinski definition) is 2. The topological polar surface area (TPSA) is 55.1 Å². The van der Waals surface area contributed by atoms with Crippen molar-refractivity contribution in [2.24, 2.45) is 28.9 Å². The summed E-state index contributed by atoms with van der Waals surface area (Å²) in [5, 5.41) is 3.50. The van der Waals surface area contributed by atoms with Crippen LogP contribution in [-0.4, -0.2) is 18.0 Å². The molecule has 0 aromatic rings. The van der Waals surface area contributed by atoms with Gasteiger partial charge in [0.25, 0.3) is 0 Å². The zero-order chi connectivity index (χ0) is 13.1. The summed E-state index contributed by atoms with van der Waals surface area (Å²) in [6, 6.07) is 0. The number of nitrogens with two attached hydrogens (primary N) is 1. The van der Waals surface area contributed by atoms with Crippen LogP contribution >= 0.6 is 0 Å². The number of rotatable bonds is 3. The van der Waals surface area contributed by atoms with Gasteiger partial charge >= 0.3 is 0 Å². The molecule has 0 aromatic heterocycles. The highest BCUT2D eigenvalue weighted by molar-refractivity contribution is 5.84. The molecular weight excluding hydrogens is 236 g/mol. The molecule has 1 amide bonds. The summed E-state index contributed by atoms with van der Waals surface area (Å²) in [5.74, 6) is 2.95. The Morgan fingerprint density at radius 2 is 1.58 bits per heavy atom. The molecule has 5 rings (SSSR count). The minimum Gasteiger partial charge on any atom is -0.350 e. The molecule has 3 nitrogen and oxygen atoms in total. The van der Waals surface area contributed by atoms with E-state index in [0.717, 1.165) is 30.6 Å². The molecule has 0 atom stereocenters. The molecule has 4 bridgehead atoms. The van der Waals surface area contributed by atoms with Crippen molar-refractivity contribution in [1.29, 1.82) is 0 Å². The highest BCUT2D eigenvalue weighted by atomic mass is 16.2. The quantitative estimate of drug-likeness (QED) is 0.819. The summed E-state index contributed by atoms with van der Waals surface area (Å²) < 4.78 is 0. The Morgan fingerprint density at radius 3 is 1.95 bits per heavy atom. The van der Waals surface area contributed by atoms with Crippen molar-refractivity contribution in [3.8, 4) is 0 Å². The van der Waals surface area contributed by atoms with Crippen molar-refractivity contribution in [3.63, 3.8) is 0 Å². The van der Waals surface area contributed by atoms with E-state index in [0.29, 0.717) is 6.54 Å².